The smallest absolute Gasteiger partial charge is 0.254 e. The number of rotatable bonds is 2. The molecule has 24 heavy (non-hydrogen) atoms. The van der Waals surface area contributed by atoms with E-state index in [1.807, 2.05) is 41.8 Å². The lowest BCUT2D eigenvalue weighted by Gasteiger charge is -2.26. The Morgan fingerprint density at radius 1 is 1.00 bits per heavy atom. The monoisotopic (exact) mass is 330 g/mol. The van der Waals surface area contributed by atoms with E-state index in [0.717, 1.165) is 29.7 Å². The number of amides is 2. The van der Waals surface area contributed by atoms with Crippen LogP contribution < -0.4 is 0 Å². The van der Waals surface area contributed by atoms with Gasteiger partial charge in [0.15, 0.2) is 0 Å². The molecule has 1 fully saturated rings. The molecule has 0 aromatic heterocycles. The van der Waals surface area contributed by atoms with E-state index in [0.29, 0.717) is 26.1 Å². The van der Waals surface area contributed by atoms with E-state index < -0.39 is 0 Å². The van der Waals surface area contributed by atoms with Crippen LogP contribution in [0, 0.1) is 19.3 Å². The van der Waals surface area contributed by atoms with Crippen LogP contribution in [-0.4, -0.2) is 47.8 Å². The summed E-state index contributed by atoms with van der Waals surface area (Å²) in [6.07, 6.45) is 1.39. The molecule has 0 N–H and O–H groups in total. The Hall–Kier alpha value is -1.84. The second kappa shape index (κ2) is 7.37. The van der Waals surface area contributed by atoms with Crippen LogP contribution in [0.3, 0.4) is 0 Å². The SMILES string of the molecule is Cc1ccc(C)c(C(=O)N2CCCN(C(=O)CC(C)(C)C)CC2)c1. The molecule has 4 nitrogen and oxygen atoms in total. The summed E-state index contributed by atoms with van der Waals surface area (Å²) in [6, 6.07) is 5.99. The van der Waals surface area contributed by atoms with Crippen LogP contribution >= 0.6 is 0 Å². The highest BCUT2D eigenvalue weighted by Crippen LogP contribution is 2.21. The van der Waals surface area contributed by atoms with Gasteiger partial charge in [0, 0.05) is 38.2 Å². The zero-order valence-electron chi connectivity index (χ0n) is 15.7. The average molecular weight is 330 g/mol. The van der Waals surface area contributed by atoms with Gasteiger partial charge in [0.25, 0.3) is 5.91 Å². The van der Waals surface area contributed by atoms with Gasteiger partial charge in [-0.25, -0.2) is 0 Å². The first kappa shape index (κ1) is 18.5. The fourth-order valence-electron chi connectivity index (χ4n) is 3.07. The molecule has 0 radical (unpaired) electrons. The van der Waals surface area contributed by atoms with Gasteiger partial charge >= 0.3 is 0 Å². The maximum atomic E-state index is 12.9. The zero-order chi connectivity index (χ0) is 17.9. The first-order chi connectivity index (χ1) is 11.2. The number of nitrogens with zero attached hydrogens (tertiary/aromatic N) is 2. The molecule has 132 valence electrons. The maximum Gasteiger partial charge on any atom is 0.254 e. The second-order valence-electron chi connectivity index (χ2n) is 8.08. The van der Waals surface area contributed by atoms with E-state index in [9.17, 15) is 9.59 Å². The van der Waals surface area contributed by atoms with E-state index >= 15 is 0 Å². The van der Waals surface area contributed by atoms with Crippen LogP contribution in [0.5, 0.6) is 0 Å². The van der Waals surface area contributed by atoms with Crippen molar-refractivity contribution in [3.05, 3.63) is 34.9 Å². The lowest BCUT2D eigenvalue weighted by Crippen LogP contribution is -2.38. The molecule has 1 aromatic carbocycles. The fraction of sp³-hybridized carbons (Fsp3) is 0.600. The molecule has 1 aliphatic heterocycles. The number of carbonyl (C=O) groups is 2. The van der Waals surface area contributed by atoms with Gasteiger partial charge in [0.2, 0.25) is 5.91 Å². The topological polar surface area (TPSA) is 40.6 Å². The van der Waals surface area contributed by atoms with Crippen molar-refractivity contribution in [2.24, 2.45) is 5.41 Å². The molecule has 1 aliphatic rings. The average Bonchev–Trinajstić information content (AvgIpc) is 2.73. The Labute approximate surface area is 145 Å². The third-order valence-corrected chi connectivity index (χ3v) is 4.44. The normalized spacial score (nSPS) is 16.0. The van der Waals surface area contributed by atoms with Crippen LogP contribution in [0.2, 0.25) is 0 Å². The van der Waals surface area contributed by atoms with Gasteiger partial charge in [-0.3, -0.25) is 9.59 Å². The Kier molecular flexibility index (Phi) is 5.68. The highest BCUT2D eigenvalue weighted by Gasteiger charge is 2.25. The molecule has 0 spiro atoms. The van der Waals surface area contributed by atoms with Gasteiger partial charge in [0.1, 0.15) is 0 Å². The maximum absolute atomic E-state index is 12.9. The summed E-state index contributed by atoms with van der Waals surface area (Å²) in [5, 5.41) is 0. The number of hydrogen-bond acceptors (Lipinski definition) is 2. The highest BCUT2D eigenvalue weighted by molar-refractivity contribution is 5.96. The highest BCUT2D eigenvalue weighted by atomic mass is 16.2. The minimum absolute atomic E-state index is 0.00241. The third-order valence-electron chi connectivity index (χ3n) is 4.44. The standard InChI is InChI=1S/C20H30N2O2/c1-15-7-8-16(2)17(13-15)19(24)22-10-6-9-21(11-12-22)18(23)14-20(3,4)5/h7-8,13H,6,9-12,14H2,1-5H3. The summed E-state index contributed by atoms with van der Waals surface area (Å²) >= 11 is 0. The first-order valence-corrected chi connectivity index (χ1v) is 8.82. The van der Waals surface area contributed by atoms with Crippen molar-refractivity contribution < 1.29 is 9.59 Å². The molecule has 0 saturated carbocycles. The van der Waals surface area contributed by atoms with Crippen molar-refractivity contribution in [2.75, 3.05) is 26.2 Å². The van der Waals surface area contributed by atoms with Gasteiger partial charge in [0.05, 0.1) is 0 Å². The molecular formula is C20H30N2O2. The van der Waals surface area contributed by atoms with Gasteiger partial charge < -0.3 is 9.80 Å². The van der Waals surface area contributed by atoms with Crippen molar-refractivity contribution in [2.45, 2.75) is 47.5 Å². The molecule has 1 aromatic rings. The zero-order valence-corrected chi connectivity index (χ0v) is 15.7. The molecule has 4 heteroatoms. The molecule has 0 bridgehead atoms. The Morgan fingerprint density at radius 2 is 1.62 bits per heavy atom. The number of carbonyl (C=O) groups excluding carboxylic acids is 2. The van der Waals surface area contributed by atoms with Crippen LogP contribution in [-0.2, 0) is 4.79 Å². The summed E-state index contributed by atoms with van der Waals surface area (Å²) in [5.74, 6) is 0.282. The molecule has 0 aliphatic carbocycles. The Bertz CT molecular complexity index is 617. The Morgan fingerprint density at radius 3 is 2.29 bits per heavy atom. The van der Waals surface area contributed by atoms with E-state index in [1.54, 1.807) is 0 Å². The Balaban J connectivity index is 2.04. The fourth-order valence-corrected chi connectivity index (χ4v) is 3.07. The lowest BCUT2D eigenvalue weighted by molar-refractivity contribution is -0.132. The van der Waals surface area contributed by atoms with Crippen LogP contribution in [0.15, 0.2) is 18.2 Å². The van der Waals surface area contributed by atoms with E-state index in [-0.39, 0.29) is 17.2 Å². The van der Waals surface area contributed by atoms with Crippen molar-refractivity contribution in [1.82, 2.24) is 9.80 Å². The number of hydrogen-bond donors (Lipinski definition) is 0. The van der Waals surface area contributed by atoms with Gasteiger partial charge in [-0.15, -0.1) is 0 Å². The molecule has 0 unspecified atom stereocenters. The summed E-state index contributed by atoms with van der Waals surface area (Å²) in [4.78, 5) is 29.1. The summed E-state index contributed by atoms with van der Waals surface area (Å²) < 4.78 is 0. The predicted octanol–water partition coefficient (Wildman–Crippen LogP) is 3.41. The van der Waals surface area contributed by atoms with E-state index in [4.69, 9.17) is 0 Å². The molecule has 0 atom stereocenters. The predicted molar refractivity (Wildman–Crippen MR) is 97.1 cm³/mol. The van der Waals surface area contributed by atoms with Crippen molar-refractivity contribution in [1.29, 1.82) is 0 Å². The van der Waals surface area contributed by atoms with Gasteiger partial charge in [-0.2, -0.15) is 0 Å². The summed E-state index contributed by atoms with van der Waals surface area (Å²) in [7, 11) is 0. The molecule has 1 heterocycles. The van der Waals surface area contributed by atoms with Gasteiger partial charge in [-0.1, -0.05) is 38.5 Å². The molecule has 2 amide bonds. The molecule has 1 saturated heterocycles. The van der Waals surface area contributed by atoms with Crippen LogP contribution in [0.25, 0.3) is 0 Å². The van der Waals surface area contributed by atoms with Crippen molar-refractivity contribution in [3.8, 4) is 0 Å². The van der Waals surface area contributed by atoms with Crippen LogP contribution in [0.4, 0.5) is 0 Å². The second-order valence-corrected chi connectivity index (χ2v) is 8.08. The van der Waals surface area contributed by atoms with Gasteiger partial charge in [-0.05, 0) is 37.3 Å². The van der Waals surface area contributed by atoms with Crippen LogP contribution in [0.1, 0.15) is 55.1 Å². The van der Waals surface area contributed by atoms with Crippen molar-refractivity contribution in [3.63, 3.8) is 0 Å². The van der Waals surface area contributed by atoms with E-state index in [2.05, 4.69) is 20.8 Å². The minimum atomic E-state index is -0.00241. The number of aryl methyl sites for hydroxylation is 2. The minimum Gasteiger partial charge on any atom is -0.341 e. The lowest BCUT2D eigenvalue weighted by atomic mass is 9.91. The quantitative estimate of drug-likeness (QED) is 0.834. The molecule has 2 rings (SSSR count). The van der Waals surface area contributed by atoms with Crippen molar-refractivity contribution >= 4 is 11.8 Å². The summed E-state index contributed by atoms with van der Waals surface area (Å²) in [5.41, 5.74) is 2.89. The number of benzene rings is 1. The van der Waals surface area contributed by atoms with E-state index in [1.165, 1.54) is 0 Å². The summed E-state index contributed by atoms with van der Waals surface area (Å²) in [6.45, 7) is 12.9. The largest absolute Gasteiger partial charge is 0.341 e. The first-order valence-electron chi connectivity index (χ1n) is 8.82. The third kappa shape index (κ3) is 4.83. The molecular weight excluding hydrogens is 300 g/mol.